The number of aromatic nitrogens is 2. The smallest absolute Gasteiger partial charge is 0.303 e. The highest BCUT2D eigenvalue weighted by molar-refractivity contribution is 5.83. The second-order valence-corrected chi connectivity index (χ2v) is 7.19. The molecule has 1 unspecified atom stereocenters. The first-order valence-electron chi connectivity index (χ1n) is 9.16. The van der Waals surface area contributed by atoms with Crippen LogP contribution in [-0.4, -0.2) is 21.0 Å². The van der Waals surface area contributed by atoms with Crippen molar-refractivity contribution in [2.45, 2.75) is 32.6 Å². The Morgan fingerprint density at radius 2 is 1.85 bits per heavy atom. The lowest BCUT2D eigenvalue weighted by Gasteiger charge is -2.15. The van der Waals surface area contributed by atoms with Gasteiger partial charge in [0, 0.05) is 12.3 Å². The molecule has 4 aromatic rings. The number of fused-ring (bicyclic) bond motifs is 2. The molecule has 0 bridgehead atoms. The summed E-state index contributed by atoms with van der Waals surface area (Å²) in [6.45, 7) is 4.14. The minimum atomic E-state index is -0.795. The molecule has 0 aliphatic rings. The number of benzene rings is 3. The van der Waals surface area contributed by atoms with Gasteiger partial charge in [-0.2, -0.15) is 0 Å². The minimum Gasteiger partial charge on any atom is -0.481 e. The number of rotatable bonds is 5. The molecule has 4 nitrogen and oxygen atoms in total. The molecule has 4 heteroatoms. The zero-order valence-corrected chi connectivity index (χ0v) is 15.5. The van der Waals surface area contributed by atoms with Crippen LogP contribution in [0.15, 0.2) is 54.6 Å². The Morgan fingerprint density at radius 3 is 2.63 bits per heavy atom. The molecule has 1 heterocycles. The number of hydrogen-bond acceptors (Lipinski definition) is 2. The molecule has 136 valence electrons. The number of H-pyrrole nitrogens is 1. The lowest BCUT2D eigenvalue weighted by atomic mass is 9.90. The Balaban J connectivity index is 1.71. The Kier molecular flexibility index (Phi) is 4.40. The molecular weight excluding hydrogens is 336 g/mol. The maximum atomic E-state index is 11.5. The Hall–Kier alpha value is -3.14. The van der Waals surface area contributed by atoms with Crippen molar-refractivity contribution in [2.24, 2.45) is 0 Å². The first kappa shape index (κ1) is 17.3. The van der Waals surface area contributed by atoms with Crippen LogP contribution in [0.4, 0.5) is 0 Å². The number of imidazole rings is 1. The highest BCUT2D eigenvalue weighted by atomic mass is 16.4. The van der Waals surface area contributed by atoms with Crippen LogP contribution < -0.4 is 0 Å². The largest absolute Gasteiger partial charge is 0.481 e. The molecule has 3 aromatic carbocycles. The van der Waals surface area contributed by atoms with Crippen LogP contribution in [0.1, 0.15) is 34.9 Å². The van der Waals surface area contributed by atoms with Crippen LogP contribution in [0.25, 0.3) is 21.8 Å². The molecule has 0 saturated heterocycles. The molecule has 0 aliphatic heterocycles. The summed E-state index contributed by atoms with van der Waals surface area (Å²) in [6, 6.07) is 18.5. The van der Waals surface area contributed by atoms with Gasteiger partial charge in [0.25, 0.3) is 0 Å². The van der Waals surface area contributed by atoms with Crippen LogP contribution in [0.3, 0.4) is 0 Å². The molecule has 0 aliphatic carbocycles. The van der Waals surface area contributed by atoms with Crippen molar-refractivity contribution in [1.29, 1.82) is 0 Å². The van der Waals surface area contributed by atoms with E-state index < -0.39 is 5.97 Å². The second-order valence-electron chi connectivity index (χ2n) is 7.19. The molecule has 0 fully saturated rings. The number of nitrogens with zero attached hydrogens (tertiary/aromatic N) is 1. The quantitative estimate of drug-likeness (QED) is 0.519. The van der Waals surface area contributed by atoms with E-state index in [0.717, 1.165) is 38.8 Å². The monoisotopic (exact) mass is 358 g/mol. The molecule has 1 aromatic heterocycles. The summed E-state index contributed by atoms with van der Waals surface area (Å²) in [5.41, 5.74) is 5.37. The molecule has 4 rings (SSSR count). The van der Waals surface area contributed by atoms with E-state index >= 15 is 0 Å². The standard InChI is InChI=1S/C23H22N2O2/c1-14-7-10-20-23(15(14)2)25-21(24-20)12-19(13-22(26)27)18-9-8-16-5-3-4-6-17(16)11-18/h3-11,19H,12-13H2,1-2H3,(H,24,25)(H,26,27). The molecule has 0 amide bonds. The number of carbonyl (C=O) groups is 1. The first-order valence-corrected chi connectivity index (χ1v) is 9.16. The van der Waals surface area contributed by atoms with Gasteiger partial charge in [-0.05, 0) is 47.4 Å². The summed E-state index contributed by atoms with van der Waals surface area (Å²) in [4.78, 5) is 19.6. The van der Waals surface area contributed by atoms with E-state index in [2.05, 4.69) is 49.2 Å². The molecular formula is C23H22N2O2. The number of nitrogens with one attached hydrogen (secondary N) is 1. The first-order chi connectivity index (χ1) is 13.0. The van der Waals surface area contributed by atoms with Gasteiger partial charge in [-0.25, -0.2) is 4.98 Å². The average Bonchev–Trinajstić information content (AvgIpc) is 3.07. The van der Waals surface area contributed by atoms with Crippen LogP contribution in [0.5, 0.6) is 0 Å². The number of hydrogen-bond donors (Lipinski definition) is 2. The summed E-state index contributed by atoms with van der Waals surface area (Å²) in [5, 5.41) is 11.7. The van der Waals surface area contributed by atoms with Gasteiger partial charge in [-0.1, -0.05) is 48.5 Å². The topological polar surface area (TPSA) is 66.0 Å². The Bertz CT molecular complexity index is 1140. The van der Waals surface area contributed by atoms with Gasteiger partial charge < -0.3 is 10.1 Å². The summed E-state index contributed by atoms with van der Waals surface area (Å²) >= 11 is 0. The number of carboxylic acids is 1. The fourth-order valence-corrected chi connectivity index (χ4v) is 3.67. The van der Waals surface area contributed by atoms with Crippen LogP contribution >= 0.6 is 0 Å². The van der Waals surface area contributed by atoms with Crippen molar-refractivity contribution < 1.29 is 9.90 Å². The summed E-state index contributed by atoms with van der Waals surface area (Å²) in [7, 11) is 0. The zero-order valence-electron chi connectivity index (χ0n) is 15.5. The van der Waals surface area contributed by atoms with Gasteiger partial charge in [0.05, 0.1) is 17.5 Å². The van der Waals surface area contributed by atoms with E-state index in [4.69, 9.17) is 4.98 Å². The SMILES string of the molecule is Cc1ccc2[nH]c(CC(CC(=O)O)c3ccc4ccccc4c3)nc2c1C. The Morgan fingerprint density at radius 1 is 1.07 bits per heavy atom. The Labute approximate surface area is 157 Å². The van der Waals surface area contributed by atoms with E-state index in [1.165, 1.54) is 5.56 Å². The summed E-state index contributed by atoms with van der Waals surface area (Å²) in [5.74, 6) is -0.0940. The van der Waals surface area contributed by atoms with Gasteiger partial charge in [-0.3, -0.25) is 4.79 Å². The zero-order chi connectivity index (χ0) is 19.0. The van der Waals surface area contributed by atoms with Gasteiger partial charge in [0.1, 0.15) is 5.82 Å². The van der Waals surface area contributed by atoms with Gasteiger partial charge in [0.15, 0.2) is 0 Å². The maximum absolute atomic E-state index is 11.5. The number of aryl methyl sites for hydroxylation is 2. The molecule has 0 spiro atoms. The van der Waals surface area contributed by atoms with Crippen molar-refractivity contribution in [3.8, 4) is 0 Å². The van der Waals surface area contributed by atoms with E-state index in [-0.39, 0.29) is 12.3 Å². The molecule has 27 heavy (non-hydrogen) atoms. The molecule has 0 radical (unpaired) electrons. The predicted octanol–water partition coefficient (Wildman–Crippen LogP) is 5.13. The van der Waals surface area contributed by atoms with Crippen molar-refractivity contribution in [3.05, 3.63) is 77.1 Å². The van der Waals surface area contributed by atoms with Crippen LogP contribution in [0.2, 0.25) is 0 Å². The van der Waals surface area contributed by atoms with Gasteiger partial charge >= 0.3 is 5.97 Å². The normalized spacial score (nSPS) is 12.5. The number of aromatic amines is 1. The lowest BCUT2D eigenvalue weighted by Crippen LogP contribution is -2.10. The average molecular weight is 358 g/mol. The van der Waals surface area contributed by atoms with Crippen molar-refractivity contribution in [1.82, 2.24) is 9.97 Å². The molecule has 0 saturated carbocycles. The third-order valence-electron chi connectivity index (χ3n) is 5.33. The predicted molar refractivity (Wildman–Crippen MR) is 108 cm³/mol. The van der Waals surface area contributed by atoms with Crippen LogP contribution in [0, 0.1) is 13.8 Å². The van der Waals surface area contributed by atoms with Gasteiger partial charge in [-0.15, -0.1) is 0 Å². The highest BCUT2D eigenvalue weighted by Crippen LogP contribution is 2.28. The van der Waals surface area contributed by atoms with E-state index in [9.17, 15) is 9.90 Å². The second kappa shape index (κ2) is 6.88. The highest BCUT2D eigenvalue weighted by Gasteiger charge is 2.19. The molecule has 2 N–H and O–H groups in total. The number of aliphatic carboxylic acids is 1. The van der Waals surface area contributed by atoms with Crippen molar-refractivity contribution >= 4 is 27.8 Å². The van der Waals surface area contributed by atoms with Gasteiger partial charge in [0.2, 0.25) is 0 Å². The van der Waals surface area contributed by atoms with Crippen molar-refractivity contribution in [2.75, 3.05) is 0 Å². The lowest BCUT2D eigenvalue weighted by molar-refractivity contribution is -0.137. The van der Waals surface area contributed by atoms with E-state index in [1.54, 1.807) is 0 Å². The third-order valence-corrected chi connectivity index (χ3v) is 5.33. The number of carboxylic acid groups (broad SMARTS) is 1. The van der Waals surface area contributed by atoms with Crippen molar-refractivity contribution in [3.63, 3.8) is 0 Å². The van der Waals surface area contributed by atoms with E-state index in [1.807, 2.05) is 24.3 Å². The third kappa shape index (κ3) is 3.43. The van der Waals surface area contributed by atoms with Crippen LogP contribution in [-0.2, 0) is 11.2 Å². The summed E-state index contributed by atoms with van der Waals surface area (Å²) < 4.78 is 0. The minimum absolute atomic E-state index is 0.0768. The van der Waals surface area contributed by atoms with E-state index in [0.29, 0.717) is 6.42 Å². The fourth-order valence-electron chi connectivity index (χ4n) is 3.67. The maximum Gasteiger partial charge on any atom is 0.303 e. The molecule has 1 atom stereocenters. The fraction of sp³-hybridized carbons (Fsp3) is 0.217. The summed E-state index contributed by atoms with van der Waals surface area (Å²) in [6.07, 6.45) is 0.644.